The maximum absolute atomic E-state index is 14.1. The summed E-state index contributed by atoms with van der Waals surface area (Å²) in [6, 6.07) is 0. The van der Waals surface area contributed by atoms with Crippen LogP contribution in [0.3, 0.4) is 0 Å². The van der Waals surface area contributed by atoms with Gasteiger partial charge in [-0.2, -0.15) is 0 Å². The van der Waals surface area contributed by atoms with Crippen LogP contribution < -0.4 is 0 Å². The maximum atomic E-state index is 14.1. The number of rotatable bonds is 3. The van der Waals surface area contributed by atoms with Gasteiger partial charge in [0.15, 0.2) is 23.3 Å². The molecule has 0 atom stereocenters. The summed E-state index contributed by atoms with van der Waals surface area (Å²) in [6.45, 7) is 6.77. The van der Waals surface area contributed by atoms with Crippen LogP contribution in [0.5, 0.6) is 0 Å². The van der Waals surface area contributed by atoms with Crippen LogP contribution in [0.2, 0.25) is 0 Å². The molecule has 1 aromatic heterocycles. The Morgan fingerprint density at radius 3 is 1.90 bits per heavy atom. The molecule has 0 saturated carbocycles. The van der Waals surface area contributed by atoms with E-state index in [4.69, 9.17) is 4.42 Å². The molecule has 0 radical (unpaired) electrons. The summed E-state index contributed by atoms with van der Waals surface area (Å²) in [6.07, 6.45) is 1.29. The van der Waals surface area contributed by atoms with Crippen molar-refractivity contribution in [3.63, 3.8) is 0 Å². The van der Waals surface area contributed by atoms with Crippen LogP contribution in [0, 0.1) is 23.3 Å². The maximum Gasteiger partial charge on any atom is 0.229 e. The smallest absolute Gasteiger partial charge is 0.229 e. The number of hydrogen-bond acceptors (Lipinski definition) is 2. The molecule has 1 aromatic carbocycles. The first-order valence-corrected chi connectivity index (χ1v) is 6.57. The van der Waals surface area contributed by atoms with Crippen LogP contribution in [0.1, 0.15) is 50.8 Å². The molecular weight excluding hydrogens is 286 g/mol. The van der Waals surface area contributed by atoms with Crippen LogP contribution in [0.15, 0.2) is 10.7 Å². The Balaban J connectivity index is 2.77. The minimum absolute atomic E-state index is 0.00297. The average Bonchev–Trinajstić information content (AvgIpc) is 2.89. The summed E-state index contributed by atoms with van der Waals surface area (Å²) < 4.78 is 60.0. The lowest BCUT2D eigenvalue weighted by molar-refractivity contribution is 0.401. The Labute approximate surface area is 119 Å². The van der Waals surface area contributed by atoms with E-state index in [1.807, 2.05) is 13.8 Å². The van der Waals surface area contributed by atoms with Gasteiger partial charge >= 0.3 is 0 Å². The fourth-order valence-electron chi connectivity index (χ4n) is 2.07. The zero-order valence-electron chi connectivity index (χ0n) is 12.1. The Bertz CT molecular complexity index is 677. The third-order valence-corrected chi connectivity index (χ3v) is 3.21. The van der Waals surface area contributed by atoms with Crippen molar-refractivity contribution >= 4 is 0 Å². The van der Waals surface area contributed by atoms with Crippen LogP contribution in [-0.4, -0.2) is 4.98 Å². The van der Waals surface area contributed by atoms with E-state index in [0.717, 1.165) is 0 Å². The van der Waals surface area contributed by atoms with Gasteiger partial charge in [0.25, 0.3) is 0 Å². The fourth-order valence-corrected chi connectivity index (χ4v) is 2.07. The number of oxazole rings is 1. The molecule has 6 heteroatoms. The number of hydrogen-bond donors (Lipinski definition) is 0. The molecule has 0 aliphatic rings. The van der Waals surface area contributed by atoms with E-state index in [2.05, 4.69) is 4.98 Å². The second-order valence-electron chi connectivity index (χ2n) is 5.43. The van der Waals surface area contributed by atoms with Crippen molar-refractivity contribution in [3.8, 4) is 11.5 Å². The third-order valence-electron chi connectivity index (χ3n) is 3.21. The lowest BCUT2D eigenvalue weighted by atomic mass is 9.95. The molecule has 2 rings (SSSR count). The zero-order valence-corrected chi connectivity index (χ0v) is 12.1. The van der Waals surface area contributed by atoms with Crippen molar-refractivity contribution in [2.75, 3.05) is 0 Å². The molecule has 1 heterocycles. The minimum Gasteiger partial charge on any atom is -0.444 e. The van der Waals surface area contributed by atoms with Gasteiger partial charge in [0.05, 0.1) is 11.3 Å². The monoisotopic (exact) mass is 301 g/mol. The number of halogens is 4. The predicted octanol–water partition coefficient (Wildman–Crippen LogP) is 5.14. The molecule has 0 bridgehead atoms. The van der Waals surface area contributed by atoms with Gasteiger partial charge in [-0.05, 0) is 11.8 Å². The molecule has 0 aliphatic heterocycles. The van der Waals surface area contributed by atoms with Crippen molar-refractivity contribution in [3.05, 3.63) is 40.8 Å². The summed E-state index contributed by atoms with van der Waals surface area (Å²) in [4.78, 5) is 4.03. The zero-order chi connectivity index (χ0) is 15.9. The van der Waals surface area contributed by atoms with E-state index in [1.165, 1.54) is 6.26 Å². The molecule has 114 valence electrons. The lowest BCUT2D eigenvalue weighted by Crippen LogP contribution is -2.07. The average molecular weight is 301 g/mol. The summed E-state index contributed by atoms with van der Waals surface area (Å²) in [5, 5.41) is 0. The molecule has 0 amide bonds. The number of aromatic nitrogens is 1. The van der Waals surface area contributed by atoms with Crippen LogP contribution >= 0.6 is 0 Å². The molecule has 0 spiro atoms. The highest BCUT2D eigenvalue weighted by Gasteiger charge is 2.30. The largest absolute Gasteiger partial charge is 0.444 e. The van der Waals surface area contributed by atoms with Gasteiger partial charge in [-0.15, -0.1) is 0 Å². The predicted molar refractivity (Wildman–Crippen MR) is 69.9 cm³/mol. The second kappa shape index (κ2) is 5.50. The number of benzene rings is 1. The molecule has 21 heavy (non-hydrogen) atoms. The molecule has 0 fully saturated rings. The summed E-state index contributed by atoms with van der Waals surface area (Å²) in [5.41, 5.74) is -0.235. The fraction of sp³-hybridized carbons (Fsp3) is 0.400. The van der Waals surface area contributed by atoms with E-state index in [9.17, 15) is 17.6 Å². The van der Waals surface area contributed by atoms with E-state index in [1.54, 1.807) is 13.8 Å². The van der Waals surface area contributed by atoms with Gasteiger partial charge < -0.3 is 4.42 Å². The van der Waals surface area contributed by atoms with Crippen molar-refractivity contribution in [2.24, 2.45) is 0 Å². The van der Waals surface area contributed by atoms with Gasteiger partial charge in [0, 0.05) is 5.56 Å². The first kappa shape index (κ1) is 15.5. The minimum atomic E-state index is -1.86. The van der Waals surface area contributed by atoms with Gasteiger partial charge in [-0.3, -0.25) is 0 Å². The topological polar surface area (TPSA) is 26.0 Å². The third kappa shape index (κ3) is 2.54. The summed E-state index contributed by atoms with van der Waals surface area (Å²) in [7, 11) is 0. The molecule has 0 saturated heterocycles. The van der Waals surface area contributed by atoms with Crippen LogP contribution in [0.4, 0.5) is 17.6 Å². The van der Waals surface area contributed by atoms with E-state index < -0.39 is 34.8 Å². The quantitative estimate of drug-likeness (QED) is 0.445. The molecule has 2 nitrogen and oxygen atoms in total. The van der Waals surface area contributed by atoms with Crippen molar-refractivity contribution in [1.82, 2.24) is 4.98 Å². The van der Waals surface area contributed by atoms with E-state index in [-0.39, 0.29) is 17.4 Å². The Morgan fingerprint density at radius 1 is 0.857 bits per heavy atom. The van der Waals surface area contributed by atoms with Crippen LogP contribution in [-0.2, 0) is 0 Å². The van der Waals surface area contributed by atoms with Gasteiger partial charge in [-0.25, -0.2) is 22.5 Å². The lowest BCUT2D eigenvalue weighted by Gasteiger charge is -2.14. The summed E-state index contributed by atoms with van der Waals surface area (Å²) in [5.74, 6) is -7.41. The highest BCUT2D eigenvalue weighted by atomic mass is 19.2. The molecule has 0 unspecified atom stereocenters. The SMILES string of the molecule is CC(C)c1coc(-c2c(F)c(F)c(F)c(F)c2C(C)C)n1. The Morgan fingerprint density at radius 2 is 1.43 bits per heavy atom. The first-order chi connectivity index (χ1) is 9.75. The highest BCUT2D eigenvalue weighted by molar-refractivity contribution is 5.62. The van der Waals surface area contributed by atoms with Crippen molar-refractivity contribution < 1.29 is 22.0 Å². The van der Waals surface area contributed by atoms with Crippen molar-refractivity contribution in [1.29, 1.82) is 0 Å². The standard InChI is InChI=1S/C15H15F4NO/c1-6(2)8-5-21-15(20-8)10-9(7(3)4)11(16)13(18)14(19)12(10)17/h5-7H,1-4H3. The Kier molecular flexibility index (Phi) is 4.07. The van der Waals surface area contributed by atoms with E-state index >= 15 is 0 Å². The normalized spacial score (nSPS) is 11.7. The Hall–Kier alpha value is -1.85. The van der Waals surface area contributed by atoms with Crippen molar-refractivity contribution in [2.45, 2.75) is 39.5 Å². The van der Waals surface area contributed by atoms with Crippen LogP contribution in [0.25, 0.3) is 11.5 Å². The number of nitrogens with zero attached hydrogens (tertiary/aromatic N) is 1. The van der Waals surface area contributed by atoms with Gasteiger partial charge in [-0.1, -0.05) is 27.7 Å². The molecule has 0 N–H and O–H groups in total. The van der Waals surface area contributed by atoms with Gasteiger partial charge in [0.1, 0.15) is 6.26 Å². The highest BCUT2D eigenvalue weighted by Crippen LogP contribution is 2.36. The summed E-state index contributed by atoms with van der Waals surface area (Å²) >= 11 is 0. The van der Waals surface area contributed by atoms with Gasteiger partial charge in [0.2, 0.25) is 5.89 Å². The van der Waals surface area contributed by atoms with E-state index in [0.29, 0.717) is 5.69 Å². The molecular formula is C15H15F4NO. The molecule has 2 aromatic rings. The molecule has 0 aliphatic carbocycles. The first-order valence-electron chi connectivity index (χ1n) is 6.57. The second-order valence-corrected chi connectivity index (χ2v) is 5.43.